The summed E-state index contributed by atoms with van der Waals surface area (Å²) in [5.74, 6) is 1.87. The third-order valence-electron chi connectivity index (χ3n) is 7.74. The molecule has 2 aromatic rings. The van der Waals surface area contributed by atoms with Gasteiger partial charge in [-0.2, -0.15) is 0 Å². The fourth-order valence-corrected chi connectivity index (χ4v) is 5.92. The maximum atomic E-state index is 12.7. The largest absolute Gasteiger partial charge is 0.351 e. The first kappa shape index (κ1) is 20.9. The van der Waals surface area contributed by atoms with Crippen molar-refractivity contribution >= 4 is 11.7 Å². The molecule has 164 valence electrons. The highest BCUT2D eigenvalue weighted by Gasteiger charge is 2.40. The van der Waals surface area contributed by atoms with E-state index in [1.807, 2.05) is 24.3 Å². The minimum Gasteiger partial charge on any atom is -0.351 e. The van der Waals surface area contributed by atoms with E-state index in [-0.39, 0.29) is 23.5 Å². The van der Waals surface area contributed by atoms with Crippen LogP contribution in [-0.4, -0.2) is 18.2 Å². The van der Waals surface area contributed by atoms with Crippen LogP contribution in [-0.2, 0) is 17.6 Å². The molecule has 0 heterocycles. The number of fused-ring (bicyclic) bond motifs is 2. The van der Waals surface area contributed by atoms with E-state index in [9.17, 15) is 9.59 Å². The summed E-state index contributed by atoms with van der Waals surface area (Å²) in [7, 11) is 0. The number of benzene rings is 2. The third kappa shape index (κ3) is 4.09. The number of hydrogen-bond donors (Lipinski definition) is 1. The molecule has 0 aromatic heterocycles. The van der Waals surface area contributed by atoms with Crippen LogP contribution >= 0.6 is 0 Å². The van der Waals surface area contributed by atoms with E-state index >= 15 is 0 Å². The summed E-state index contributed by atoms with van der Waals surface area (Å²) in [4.78, 5) is 25.1. The van der Waals surface area contributed by atoms with E-state index in [4.69, 9.17) is 0 Å². The zero-order chi connectivity index (χ0) is 22.1. The van der Waals surface area contributed by atoms with Crippen molar-refractivity contribution in [2.24, 2.45) is 23.7 Å². The fraction of sp³-hybridized carbons (Fsp3) is 0.379. The highest BCUT2D eigenvalue weighted by molar-refractivity contribution is 5.94. The van der Waals surface area contributed by atoms with E-state index < -0.39 is 0 Å². The van der Waals surface area contributed by atoms with Crippen molar-refractivity contribution in [3.63, 3.8) is 0 Å². The molecule has 5 rings (SSSR count). The standard InChI is InChI=1S/C29H31NO2/c1-19-16-22-6-2-4-8-25(22)24(19)15-12-20-10-13-21(14-11-20)29(32)30-18-27-26-9-5-3-7-23(26)17-28(27)31/h2-11,13-14,19,23-24,26-27H,12,15-18H2,1H3,(H,30,32). The molecular weight excluding hydrogens is 394 g/mol. The van der Waals surface area contributed by atoms with Gasteiger partial charge in [-0.1, -0.05) is 67.6 Å². The van der Waals surface area contributed by atoms with Crippen molar-refractivity contribution in [2.45, 2.75) is 38.5 Å². The third-order valence-corrected chi connectivity index (χ3v) is 7.74. The van der Waals surface area contributed by atoms with Crippen LogP contribution in [0, 0.1) is 23.7 Å². The molecule has 3 heteroatoms. The molecule has 5 atom stereocenters. The Morgan fingerprint density at radius 3 is 2.59 bits per heavy atom. The SMILES string of the molecule is CC1Cc2ccccc2C1CCc1ccc(C(=O)NCC2C(=O)CC3C=CC=CC32)cc1. The zero-order valence-corrected chi connectivity index (χ0v) is 18.7. The van der Waals surface area contributed by atoms with Crippen LogP contribution in [0.3, 0.4) is 0 Å². The van der Waals surface area contributed by atoms with Gasteiger partial charge in [0, 0.05) is 24.4 Å². The highest BCUT2D eigenvalue weighted by Crippen LogP contribution is 2.40. The van der Waals surface area contributed by atoms with Gasteiger partial charge in [-0.3, -0.25) is 9.59 Å². The maximum absolute atomic E-state index is 12.7. The lowest BCUT2D eigenvalue weighted by Crippen LogP contribution is -2.33. The molecular formula is C29H31NO2. The Morgan fingerprint density at radius 2 is 1.75 bits per heavy atom. The summed E-state index contributed by atoms with van der Waals surface area (Å²) in [5, 5.41) is 3.00. The molecule has 5 unspecified atom stereocenters. The lowest BCUT2D eigenvalue weighted by molar-refractivity contribution is -0.120. The van der Waals surface area contributed by atoms with Crippen molar-refractivity contribution < 1.29 is 9.59 Å². The van der Waals surface area contributed by atoms with Crippen molar-refractivity contribution in [2.75, 3.05) is 6.54 Å². The van der Waals surface area contributed by atoms with Gasteiger partial charge in [0.25, 0.3) is 5.91 Å². The number of carbonyl (C=O) groups is 2. The fourth-order valence-electron chi connectivity index (χ4n) is 5.92. The summed E-state index contributed by atoms with van der Waals surface area (Å²) in [6.45, 7) is 2.77. The van der Waals surface area contributed by atoms with Gasteiger partial charge in [0.05, 0.1) is 0 Å². The smallest absolute Gasteiger partial charge is 0.251 e. The molecule has 1 N–H and O–H groups in total. The second-order valence-corrected chi connectivity index (χ2v) is 9.72. The minimum absolute atomic E-state index is 0.0959. The minimum atomic E-state index is -0.110. The van der Waals surface area contributed by atoms with Crippen LogP contribution in [0.4, 0.5) is 0 Å². The average Bonchev–Trinajstić information content (AvgIpc) is 3.31. The topological polar surface area (TPSA) is 46.2 Å². The molecule has 3 aliphatic rings. The van der Waals surface area contributed by atoms with Crippen LogP contribution in [0.5, 0.6) is 0 Å². The van der Waals surface area contributed by atoms with Crippen LogP contribution in [0.2, 0.25) is 0 Å². The monoisotopic (exact) mass is 425 g/mol. The average molecular weight is 426 g/mol. The normalized spacial score (nSPS) is 27.9. The van der Waals surface area contributed by atoms with Gasteiger partial charge in [0.1, 0.15) is 5.78 Å². The Bertz CT molecular complexity index is 1060. The number of Topliss-reactive ketones (excluding diaryl/α,β-unsaturated/α-hetero) is 1. The molecule has 2 aromatic carbocycles. The predicted molar refractivity (Wildman–Crippen MR) is 128 cm³/mol. The van der Waals surface area contributed by atoms with Gasteiger partial charge >= 0.3 is 0 Å². The summed E-state index contributed by atoms with van der Waals surface area (Å²) in [5.41, 5.74) is 4.95. The number of nitrogens with one attached hydrogen (secondary N) is 1. The lowest BCUT2D eigenvalue weighted by Gasteiger charge is -2.20. The first-order chi connectivity index (χ1) is 15.6. The molecule has 32 heavy (non-hydrogen) atoms. The Kier molecular flexibility index (Phi) is 5.82. The summed E-state index contributed by atoms with van der Waals surface area (Å²) in [6, 6.07) is 16.8. The number of aryl methyl sites for hydroxylation is 1. The number of ketones is 1. The van der Waals surface area contributed by atoms with E-state index in [2.05, 4.69) is 60.8 Å². The maximum Gasteiger partial charge on any atom is 0.251 e. The van der Waals surface area contributed by atoms with Crippen molar-refractivity contribution in [1.82, 2.24) is 5.32 Å². The Labute approximate surface area is 190 Å². The van der Waals surface area contributed by atoms with Gasteiger partial charge in [-0.05, 0) is 71.8 Å². The lowest BCUT2D eigenvalue weighted by atomic mass is 9.86. The first-order valence-electron chi connectivity index (χ1n) is 11.9. The van der Waals surface area contributed by atoms with Crippen LogP contribution < -0.4 is 5.32 Å². The summed E-state index contributed by atoms with van der Waals surface area (Å²) < 4.78 is 0. The van der Waals surface area contributed by atoms with Crippen molar-refractivity contribution in [3.8, 4) is 0 Å². The van der Waals surface area contributed by atoms with Crippen LogP contribution in [0.15, 0.2) is 72.8 Å². The number of allylic oxidation sites excluding steroid dienone is 4. The van der Waals surface area contributed by atoms with Gasteiger partial charge < -0.3 is 5.32 Å². The van der Waals surface area contributed by atoms with Gasteiger partial charge in [0.15, 0.2) is 0 Å². The molecule has 0 aliphatic heterocycles. The van der Waals surface area contributed by atoms with E-state index in [1.54, 1.807) is 0 Å². The second kappa shape index (κ2) is 8.90. The van der Waals surface area contributed by atoms with Gasteiger partial charge in [0.2, 0.25) is 0 Å². The van der Waals surface area contributed by atoms with Crippen LogP contribution in [0.25, 0.3) is 0 Å². The second-order valence-electron chi connectivity index (χ2n) is 9.72. The Morgan fingerprint density at radius 1 is 0.969 bits per heavy atom. The molecule has 0 spiro atoms. The van der Waals surface area contributed by atoms with Gasteiger partial charge in [-0.25, -0.2) is 0 Å². The molecule has 3 nitrogen and oxygen atoms in total. The quantitative estimate of drug-likeness (QED) is 0.685. The van der Waals surface area contributed by atoms with E-state index in [1.165, 1.54) is 23.1 Å². The zero-order valence-electron chi connectivity index (χ0n) is 18.7. The molecule has 1 saturated carbocycles. The molecule has 1 amide bonds. The number of carbonyl (C=O) groups excluding carboxylic acids is 2. The number of rotatable bonds is 6. The van der Waals surface area contributed by atoms with Crippen LogP contribution in [0.1, 0.15) is 52.7 Å². The molecule has 0 radical (unpaired) electrons. The molecule has 1 fully saturated rings. The summed E-state index contributed by atoms with van der Waals surface area (Å²) >= 11 is 0. The first-order valence-corrected chi connectivity index (χ1v) is 11.9. The predicted octanol–water partition coefficient (Wildman–Crippen LogP) is 5.27. The highest BCUT2D eigenvalue weighted by atomic mass is 16.2. The summed E-state index contributed by atoms with van der Waals surface area (Å²) in [6.07, 6.45) is 12.2. The number of hydrogen-bond acceptors (Lipinski definition) is 2. The van der Waals surface area contributed by atoms with Gasteiger partial charge in [-0.15, -0.1) is 0 Å². The van der Waals surface area contributed by atoms with E-state index in [0.717, 1.165) is 12.8 Å². The number of amides is 1. The molecule has 0 bridgehead atoms. The molecule has 3 aliphatic carbocycles. The molecule has 0 saturated heterocycles. The van der Waals surface area contributed by atoms with Crippen molar-refractivity contribution in [1.29, 1.82) is 0 Å². The Hall–Kier alpha value is -2.94. The van der Waals surface area contributed by atoms with E-state index in [0.29, 0.717) is 36.3 Å². The van der Waals surface area contributed by atoms with Crippen molar-refractivity contribution in [3.05, 3.63) is 95.1 Å². The Balaban J connectivity index is 1.15.